The number of hydrogen-bond acceptors (Lipinski definition) is 5. The number of sulfone groups is 1. The van der Waals surface area contributed by atoms with Gasteiger partial charge in [0.15, 0.2) is 15.9 Å². The van der Waals surface area contributed by atoms with Crippen LogP contribution in [0.5, 0.6) is 0 Å². The molecule has 117 valence electrons. The van der Waals surface area contributed by atoms with Crippen LogP contribution >= 0.6 is 0 Å². The summed E-state index contributed by atoms with van der Waals surface area (Å²) in [5.74, 6) is -1.77. The molecule has 1 amide bonds. The van der Waals surface area contributed by atoms with Gasteiger partial charge in [0.05, 0.1) is 12.1 Å². The van der Waals surface area contributed by atoms with Crippen molar-refractivity contribution in [2.24, 2.45) is 0 Å². The number of carboxylic acid groups (broad SMARTS) is 1. The fourth-order valence-electron chi connectivity index (χ4n) is 2.97. The van der Waals surface area contributed by atoms with E-state index in [1.807, 2.05) is 0 Å². The van der Waals surface area contributed by atoms with Crippen molar-refractivity contribution in [1.82, 2.24) is 9.88 Å². The van der Waals surface area contributed by atoms with Crippen LogP contribution < -0.4 is 0 Å². The molecule has 2 saturated heterocycles. The van der Waals surface area contributed by atoms with Gasteiger partial charge >= 0.3 is 5.97 Å². The molecule has 1 radical (unpaired) electrons. The number of hydrogen-bond donors (Lipinski definition) is 1. The first kappa shape index (κ1) is 18.1. The van der Waals surface area contributed by atoms with Crippen LogP contribution in [0.4, 0.5) is 0 Å². The third-order valence-electron chi connectivity index (χ3n) is 4.25. The number of amides is 1. The molecule has 2 aliphatic rings. The van der Waals surface area contributed by atoms with E-state index in [0.29, 0.717) is 5.69 Å². The molecule has 2 fully saturated rings. The number of carboxylic acids is 1. The van der Waals surface area contributed by atoms with Crippen LogP contribution in [0.1, 0.15) is 19.0 Å². The number of aliphatic carboxylic acids is 1. The number of rotatable bonds is 3. The van der Waals surface area contributed by atoms with Crippen molar-refractivity contribution in [3.63, 3.8) is 0 Å². The smallest absolute Gasteiger partial charge is 0.328 e. The molecule has 0 bridgehead atoms. The van der Waals surface area contributed by atoms with Crippen molar-refractivity contribution < 1.29 is 23.1 Å². The molecule has 0 unspecified atom stereocenters. The molecular weight excluding hydrogens is 331 g/mol. The summed E-state index contributed by atoms with van der Waals surface area (Å²) in [7, 11) is -3.82. The summed E-state index contributed by atoms with van der Waals surface area (Å²) in [4.78, 5) is 28.2. The Morgan fingerprint density at radius 2 is 2.17 bits per heavy atom. The maximum atomic E-state index is 12.6. The van der Waals surface area contributed by atoms with Crippen molar-refractivity contribution in [1.29, 1.82) is 0 Å². The molecule has 7 nitrogen and oxygen atoms in total. The Balaban J connectivity index is 0.00000192. The van der Waals surface area contributed by atoms with Crippen LogP contribution in [0.25, 0.3) is 6.08 Å². The van der Waals surface area contributed by atoms with Crippen LogP contribution in [0.3, 0.4) is 0 Å². The van der Waals surface area contributed by atoms with Gasteiger partial charge in [0.2, 0.25) is 5.91 Å². The number of fused-ring (bicyclic) bond motifs is 1. The maximum absolute atomic E-state index is 12.6. The zero-order valence-corrected chi connectivity index (χ0v) is 15.5. The number of aromatic nitrogens is 1. The van der Waals surface area contributed by atoms with Gasteiger partial charge in [-0.15, -0.1) is 0 Å². The van der Waals surface area contributed by atoms with E-state index in [1.165, 1.54) is 19.1 Å². The van der Waals surface area contributed by atoms with Crippen molar-refractivity contribution in [2.75, 3.05) is 0 Å². The molecule has 2 aliphatic heterocycles. The summed E-state index contributed by atoms with van der Waals surface area (Å²) in [6, 6.07) is 3.72. The Kier molecular flexibility index (Phi) is 4.74. The molecular formula is C14H14N2NaO5S. The third kappa shape index (κ3) is 2.53. The topological polar surface area (TPSA) is 105 Å². The Hall–Kier alpha value is -1.22. The molecule has 0 aliphatic carbocycles. The predicted octanol–water partition coefficient (Wildman–Crippen LogP) is -0.0873. The molecule has 0 saturated carbocycles. The summed E-state index contributed by atoms with van der Waals surface area (Å²) < 4.78 is 23.6. The molecule has 3 atom stereocenters. The molecule has 23 heavy (non-hydrogen) atoms. The quantitative estimate of drug-likeness (QED) is 0.607. The molecule has 0 aromatic carbocycles. The van der Waals surface area contributed by atoms with Gasteiger partial charge in [-0.3, -0.25) is 9.78 Å². The Morgan fingerprint density at radius 1 is 1.48 bits per heavy atom. The Morgan fingerprint density at radius 3 is 2.70 bits per heavy atom. The number of carbonyl (C=O) groups excluding carboxylic acids is 1. The van der Waals surface area contributed by atoms with E-state index < -0.39 is 37.9 Å². The summed E-state index contributed by atoms with van der Waals surface area (Å²) in [6.07, 6.45) is 4.20. The van der Waals surface area contributed by atoms with Crippen molar-refractivity contribution in [3.8, 4) is 0 Å². The first-order chi connectivity index (χ1) is 10.3. The normalized spacial score (nSPS) is 31.3. The van der Waals surface area contributed by atoms with Crippen LogP contribution in [0.2, 0.25) is 0 Å². The number of carbonyl (C=O) groups is 2. The summed E-state index contributed by atoms with van der Waals surface area (Å²) >= 11 is 0. The van der Waals surface area contributed by atoms with Gasteiger partial charge in [-0.2, -0.15) is 0 Å². The average Bonchev–Trinajstić information content (AvgIpc) is 2.61. The fourth-order valence-corrected chi connectivity index (χ4v) is 5.24. The van der Waals surface area contributed by atoms with Gasteiger partial charge in [0.25, 0.3) is 0 Å². The standard InChI is InChI=1S/C14H14N2O5S.Na/c1-14(6-5-9-4-2-3-7-15-9)12(13(18)19)16-10(17)8-11(16)22(14,20)21;/h2-7,11-12H,8H2,1H3,(H,18,19);/b6-5+;/t11-,12+,14+;/m1./s1. The summed E-state index contributed by atoms with van der Waals surface area (Å²) in [5.41, 5.74) is 0.517. The van der Waals surface area contributed by atoms with E-state index in [1.54, 1.807) is 24.4 Å². The second kappa shape index (κ2) is 6.01. The Labute approximate surface area is 155 Å². The van der Waals surface area contributed by atoms with E-state index in [2.05, 4.69) is 4.98 Å². The second-order valence-corrected chi connectivity index (χ2v) is 8.03. The number of pyridine rings is 1. The average molecular weight is 345 g/mol. The molecule has 1 aromatic rings. The van der Waals surface area contributed by atoms with E-state index in [4.69, 9.17) is 0 Å². The van der Waals surface area contributed by atoms with Crippen LogP contribution in [0, 0.1) is 0 Å². The van der Waals surface area contributed by atoms with E-state index in [-0.39, 0.29) is 36.0 Å². The van der Waals surface area contributed by atoms with Gasteiger partial charge in [0, 0.05) is 35.8 Å². The van der Waals surface area contributed by atoms with E-state index >= 15 is 0 Å². The second-order valence-electron chi connectivity index (χ2n) is 5.52. The van der Waals surface area contributed by atoms with Crippen molar-refractivity contribution >= 4 is 57.3 Å². The number of nitrogens with zero attached hydrogens (tertiary/aromatic N) is 2. The number of β-lactam (4-membered cyclic amide) rings is 1. The first-order valence-corrected chi connectivity index (χ1v) is 8.21. The zero-order valence-electron chi connectivity index (χ0n) is 12.7. The van der Waals surface area contributed by atoms with Gasteiger partial charge < -0.3 is 10.0 Å². The van der Waals surface area contributed by atoms with Crippen molar-refractivity contribution in [3.05, 3.63) is 36.2 Å². The van der Waals surface area contributed by atoms with Gasteiger partial charge in [-0.1, -0.05) is 12.1 Å². The van der Waals surface area contributed by atoms with E-state index in [0.717, 1.165) is 4.90 Å². The van der Waals surface area contributed by atoms with Gasteiger partial charge in [-0.25, -0.2) is 13.2 Å². The molecule has 1 N–H and O–H groups in total. The monoisotopic (exact) mass is 345 g/mol. The minimum absolute atomic E-state index is 0. The van der Waals surface area contributed by atoms with Crippen LogP contribution in [0.15, 0.2) is 30.5 Å². The minimum atomic E-state index is -3.82. The zero-order chi connectivity index (χ0) is 16.1. The largest absolute Gasteiger partial charge is 0.480 e. The van der Waals surface area contributed by atoms with Crippen LogP contribution in [-0.4, -0.2) is 81.0 Å². The SMILES string of the molecule is C[C@]1(/C=C/c2ccccn2)[C@H](C(=O)O)N2C(=O)C[C@H]2S1(=O)=O.[Na]. The van der Waals surface area contributed by atoms with Crippen LogP contribution in [-0.2, 0) is 19.4 Å². The minimum Gasteiger partial charge on any atom is -0.480 e. The van der Waals surface area contributed by atoms with Gasteiger partial charge in [-0.05, 0) is 25.1 Å². The summed E-state index contributed by atoms with van der Waals surface area (Å²) in [5, 5.41) is 8.37. The molecule has 3 rings (SSSR count). The van der Waals surface area contributed by atoms with Gasteiger partial charge in [0.1, 0.15) is 10.1 Å². The fraction of sp³-hybridized carbons (Fsp3) is 0.357. The van der Waals surface area contributed by atoms with E-state index in [9.17, 15) is 23.1 Å². The predicted molar refractivity (Wildman–Crippen MR) is 83.0 cm³/mol. The Bertz CT molecular complexity index is 780. The molecule has 0 spiro atoms. The molecule has 9 heteroatoms. The molecule has 1 aromatic heterocycles. The maximum Gasteiger partial charge on any atom is 0.328 e. The third-order valence-corrected chi connectivity index (χ3v) is 6.94. The summed E-state index contributed by atoms with van der Waals surface area (Å²) in [6.45, 7) is 1.34. The first-order valence-electron chi connectivity index (χ1n) is 6.67. The molecule has 3 heterocycles. The van der Waals surface area contributed by atoms with Crippen molar-refractivity contribution in [2.45, 2.75) is 29.5 Å².